The summed E-state index contributed by atoms with van der Waals surface area (Å²) in [6.07, 6.45) is 3.16. The minimum atomic E-state index is -0.284. The molecular weight excluding hydrogens is 262 g/mol. The maximum atomic E-state index is 9.70. The normalized spacial score (nSPS) is 12.7. The Morgan fingerprint density at radius 2 is 1.84 bits per heavy atom. The Kier molecular flexibility index (Phi) is 3.19. The zero-order chi connectivity index (χ0) is 13.2. The topological polar surface area (TPSA) is 50.9 Å². The molecule has 19 heavy (non-hydrogen) atoms. The molecule has 0 fully saturated rings. The van der Waals surface area contributed by atoms with Crippen LogP contribution < -0.4 is 0 Å². The third kappa shape index (κ3) is 2.09. The highest BCUT2D eigenvalue weighted by molar-refractivity contribution is 6.32. The van der Waals surface area contributed by atoms with Gasteiger partial charge in [0.05, 0.1) is 12.6 Å². The fourth-order valence-corrected chi connectivity index (χ4v) is 2.60. The fourth-order valence-electron chi connectivity index (χ4n) is 2.31. The van der Waals surface area contributed by atoms with Gasteiger partial charge >= 0.3 is 0 Å². The minimum absolute atomic E-state index is 0.0637. The van der Waals surface area contributed by atoms with Crippen LogP contribution >= 0.6 is 11.6 Å². The summed E-state index contributed by atoms with van der Waals surface area (Å²) in [5, 5.41) is 20.0. The number of fused-ring (bicyclic) bond motifs is 1. The van der Waals surface area contributed by atoms with Crippen LogP contribution in [0.25, 0.3) is 10.8 Å². The quantitative estimate of drug-likeness (QED) is 0.798. The molecular formula is C14H12ClN3O. The number of rotatable bonds is 3. The molecule has 1 atom stereocenters. The molecule has 0 aliphatic rings. The van der Waals surface area contributed by atoms with Crippen molar-refractivity contribution < 1.29 is 5.11 Å². The number of benzene rings is 2. The van der Waals surface area contributed by atoms with E-state index in [-0.39, 0.29) is 12.6 Å². The van der Waals surface area contributed by atoms with Crippen molar-refractivity contribution in [2.24, 2.45) is 0 Å². The highest BCUT2D eigenvalue weighted by Crippen LogP contribution is 2.32. The van der Waals surface area contributed by atoms with E-state index < -0.39 is 0 Å². The second kappa shape index (κ2) is 4.99. The van der Waals surface area contributed by atoms with Gasteiger partial charge in [0.25, 0.3) is 0 Å². The van der Waals surface area contributed by atoms with Crippen molar-refractivity contribution >= 4 is 22.4 Å². The summed E-state index contributed by atoms with van der Waals surface area (Å²) < 4.78 is 1.76. The number of hydrogen-bond acceptors (Lipinski definition) is 3. The average molecular weight is 274 g/mol. The molecule has 0 aliphatic heterocycles. The molecule has 0 spiro atoms. The van der Waals surface area contributed by atoms with Gasteiger partial charge in [-0.05, 0) is 16.8 Å². The van der Waals surface area contributed by atoms with Crippen LogP contribution in [0.4, 0.5) is 0 Å². The van der Waals surface area contributed by atoms with E-state index >= 15 is 0 Å². The zero-order valence-electron chi connectivity index (χ0n) is 10.1. The van der Waals surface area contributed by atoms with Crippen molar-refractivity contribution in [1.82, 2.24) is 14.8 Å². The molecule has 2 aromatic carbocycles. The lowest BCUT2D eigenvalue weighted by molar-refractivity contribution is 0.250. The van der Waals surface area contributed by atoms with Gasteiger partial charge < -0.3 is 9.67 Å². The summed E-state index contributed by atoms with van der Waals surface area (Å²) in [4.78, 5) is 0. The van der Waals surface area contributed by atoms with E-state index in [1.54, 1.807) is 17.2 Å². The molecule has 0 aliphatic carbocycles. The standard InChI is InChI=1S/C14H12ClN3O/c15-12-6-5-10-3-1-2-4-11(10)14(12)13(7-19)18-8-16-17-9-18/h1-6,8-9,13,19H,7H2. The Hall–Kier alpha value is -1.91. The zero-order valence-corrected chi connectivity index (χ0v) is 10.8. The van der Waals surface area contributed by atoms with Gasteiger partial charge in [0.15, 0.2) is 0 Å². The SMILES string of the molecule is OCC(c1c(Cl)ccc2ccccc12)n1cnnc1. The molecule has 3 aromatic rings. The van der Waals surface area contributed by atoms with Crippen molar-refractivity contribution in [2.75, 3.05) is 6.61 Å². The Morgan fingerprint density at radius 1 is 1.11 bits per heavy atom. The number of aromatic nitrogens is 3. The predicted octanol–water partition coefficient (Wildman–Crippen LogP) is 2.67. The smallest absolute Gasteiger partial charge is 0.119 e. The van der Waals surface area contributed by atoms with E-state index in [2.05, 4.69) is 10.2 Å². The van der Waals surface area contributed by atoms with E-state index in [1.165, 1.54) is 0 Å². The summed E-state index contributed by atoms with van der Waals surface area (Å²) in [6.45, 7) is -0.0637. The number of aliphatic hydroxyl groups is 1. The van der Waals surface area contributed by atoms with Crippen molar-refractivity contribution in [3.63, 3.8) is 0 Å². The third-order valence-corrected chi connectivity index (χ3v) is 3.55. The van der Waals surface area contributed by atoms with Crippen LogP contribution in [0.2, 0.25) is 5.02 Å². The van der Waals surface area contributed by atoms with Crippen molar-refractivity contribution in [3.8, 4) is 0 Å². The van der Waals surface area contributed by atoms with E-state index in [9.17, 15) is 5.11 Å². The van der Waals surface area contributed by atoms with Gasteiger partial charge in [-0.15, -0.1) is 10.2 Å². The lowest BCUT2D eigenvalue weighted by Crippen LogP contribution is -2.14. The summed E-state index contributed by atoms with van der Waals surface area (Å²) >= 11 is 6.33. The lowest BCUT2D eigenvalue weighted by atomic mass is 9.99. The van der Waals surface area contributed by atoms with E-state index in [1.807, 2.05) is 36.4 Å². The molecule has 0 saturated heterocycles. The first-order valence-electron chi connectivity index (χ1n) is 5.93. The Labute approximate surface area is 115 Å². The lowest BCUT2D eigenvalue weighted by Gasteiger charge is -2.19. The molecule has 0 amide bonds. The number of aliphatic hydroxyl groups excluding tert-OH is 1. The summed E-state index contributed by atoms with van der Waals surface area (Å²) in [7, 11) is 0. The first-order valence-corrected chi connectivity index (χ1v) is 6.31. The third-order valence-electron chi connectivity index (χ3n) is 3.22. The average Bonchev–Trinajstić information content (AvgIpc) is 2.96. The van der Waals surface area contributed by atoms with Gasteiger partial charge in [0.2, 0.25) is 0 Å². The van der Waals surface area contributed by atoms with Crippen LogP contribution in [-0.2, 0) is 0 Å². The highest BCUT2D eigenvalue weighted by Gasteiger charge is 2.18. The maximum Gasteiger partial charge on any atom is 0.119 e. The monoisotopic (exact) mass is 273 g/mol. The van der Waals surface area contributed by atoms with Crippen molar-refractivity contribution in [2.45, 2.75) is 6.04 Å². The molecule has 4 nitrogen and oxygen atoms in total. The maximum absolute atomic E-state index is 9.70. The summed E-state index contributed by atoms with van der Waals surface area (Å²) in [5.74, 6) is 0. The van der Waals surface area contributed by atoms with Crippen molar-refractivity contribution in [1.29, 1.82) is 0 Å². The van der Waals surface area contributed by atoms with Crippen LogP contribution in [0.3, 0.4) is 0 Å². The van der Waals surface area contributed by atoms with Gasteiger partial charge in [0, 0.05) is 10.6 Å². The van der Waals surface area contributed by atoms with Gasteiger partial charge in [-0.3, -0.25) is 0 Å². The molecule has 1 N–H and O–H groups in total. The van der Waals surface area contributed by atoms with Gasteiger partial charge in [0.1, 0.15) is 12.7 Å². The van der Waals surface area contributed by atoms with E-state index in [0.29, 0.717) is 5.02 Å². The molecule has 96 valence electrons. The first kappa shape index (κ1) is 12.1. The van der Waals surface area contributed by atoms with Crippen LogP contribution in [0.1, 0.15) is 11.6 Å². The largest absolute Gasteiger partial charge is 0.394 e. The number of halogens is 1. The van der Waals surface area contributed by atoms with Gasteiger partial charge in [-0.2, -0.15) is 0 Å². The fraction of sp³-hybridized carbons (Fsp3) is 0.143. The van der Waals surface area contributed by atoms with Crippen LogP contribution in [0.15, 0.2) is 49.1 Å². The molecule has 1 unspecified atom stereocenters. The number of nitrogens with zero attached hydrogens (tertiary/aromatic N) is 3. The molecule has 0 saturated carbocycles. The minimum Gasteiger partial charge on any atom is -0.394 e. The Bertz CT molecular complexity index is 697. The summed E-state index contributed by atoms with van der Waals surface area (Å²) in [6, 6.07) is 11.5. The molecule has 1 aromatic heterocycles. The molecule has 3 rings (SSSR count). The van der Waals surface area contributed by atoms with Gasteiger partial charge in [-0.1, -0.05) is 41.9 Å². The van der Waals surface area contributed by atoms with Crippen LogP contribution in [0, 0.1) is 0 Å². The second-order valence-corrected chi connectivity index (χ2v) is 4.70. The van der Waals surface area contributed by atoms with Crippen LogP contribution in [-0.4, -0.2) is 26.5 Å². The van der Waals surface area contributed by atoms with E-state index in [4.69, 9.17) is 11.6 Å². The van der Waals surface area contributed by atoms with Gasteiger partial charge in [-0.25, -0.2) is 0 Å². The van der Waals surface area contributed by atoms with Crippen molar-refractivity contribution in [3.05, 3.63) is 59.6 Å². The molecule has 0 bridgehead atoms. The molecule has 1 heterocycles. The predicted molar refractivity (Wildman–Crippen MR) is 74.2 cm³/mol. The van der Waals surface area contributed by atoms with Crippen LogP contribution in [0.5, 0.6) is 0 Å². The second-order valence-electron chi connectivity index (χ2n) is 4.29. The highest BCUT2D eigenvalue weighted by atomic mass is 35.5. The molecule has 0 radical (unpaired) electrons. The number of hydrogen-bond donors (Lipinski definition) is 1. The first-order chi connectivity index (χ1) is 9.31. The molecule has 5 heteroatoms. The van der Waals surface area contributed by atoms with E-state index in [0.717, 1.165) is 16.3 Å². The Morgan fingerprint density at radius 3 is 2.58 bits per heavy atom. The summed E-state index contributed by atoms with van der Waals surface area (Å²) in [5.41, 5.74) is 0.891. The Balaban J connectivity index is 2.25.